The predicted molar refractivity (Wildman–Crippen MR) is 83.4 cm³/mol. The van der Waals surface area contributed by atoms with Gasteiger partial charge in [0.05, 0.1) is 5.69 Å². The van der Waals surface area contributed by atoms with E-state index < -0.39 is 0 Å². The second kappa shape index (κ2) is 6.02. The Kier molecular flexibility index (Phi) is 3.74. The Balaban J connectivity index is 1.84. The maximum Gasteiger partial charge on any atom is 0.0722 e. The van der Waals surface area contributed by atoms with Crippen LogP contribution in [0.5, 0.6) is 0 Å². The van der Waals surface area contributed by atoms with Crippen LogP contribution < -0.4 is 5.32 Å². The summed E-state index contributed by atoms with van der Waals surface area (Å²) in [6.07, 6.45) is 1.82. The third kappa shape index (κ3) is 2.86. The summed E-state index contributed by atoms with van der Waals surface area (Å²) in [5.41, 5.74) is 4.49. The summed E-state index contributed by atoms with van der Waals surface area (Å²) in [4.78, 5) is 4.42. The van der Waals surface area contributed by atoms with Crippen LogP contribution in [0.15, 0.2) is 79.0 Å². The summed E-state index contributed by atoms with van der Waals surface area (Å²) in [7, 11) is 0. The first kappa shape index (κ1) is 12.4. The Hall–Kier alpha value is -2.61. The minimum atomic E-state index is 0.810. The predicted octanol–water partition coefficient (Wildman–Crippen LogP) is 4.36. The molecule has 0 saturated heterocycles. The van der Waals surface area contributed by atoms with Gasteiger partial charge in [-0.25, -0.2) is 0 Å². The summed E-state index contributed by atoms with van der Waals surface area (Å²) in [6.45, 7) is 0.810. The van der Waals surface area contributed by atoms with Crippen LogP contribution in [-0.2, 0) is 6.54 Å². The molecule has 98 valence electrons. The largest absolute Gasteiger partial charge is 0.380 e. The van der Waals surface area contributed by atoms with Crippen LogP contribution in [0, 0.1) is 0 Å². The van der Waals surface area contributed by atoms with Crippen molar-refractivity contribution in [2.24, 2.45) is 0 Å². The van der Waals surface area contributed by atoms with Gasteiger partial charge < -0.3 is 5.32 Å². The molecule has 0 spiro atoms. The molecule has 0 aliphatic carbocycles. The second-order valence-corrected chi connectivity index (χ2v) is 4.60. The van der Waals surface area contributed by atoms with Crippen molar-refractivity contribution in [3.8, 4) is 11.3 Å². The number of hydrogen-bond donors (Lipinski definition) is 1. The van der Waals surface area contributed by atoms with Crippen LogP contribution in [0.25, 0.3) is 11.3 Å². The van der Waals surface area contributed by atoms with Gasteiger partial charge in [-0.05, 0) is 23.8 Å². The molecule has 1 N–H and O–H groups in total. The van der Waals surface area contributed by atoms with Crippen LogP contribution >= 0.6 is 0 Å². The van der Waals surface area contributed by atoms with E-state index in [9.17, 15) is 0 Å². The molecule has 0 unspecified atom stereocenters. The van der Waals surface area contributed by atoms with Crippen LogP contribution in [0.2, 0.25) is 0 Å². The van der Waals surface area contributed by atoms with E-state index in [1.165, 1.54) is 5.56 Å². The average Bonchev–Trinajstić information content (AvgIpc) is 2.55. The number of para-hydroxylation sites is 1. The monoisotopic (exact) mass is 260 g/mol. The lowest BCUT2D eigenvalue weighted by Gasteiger charge is -2.11. The molecular formula is C18H16N2. The van der Waals surface area contributed by atoms with Gasteiger partial charge in [0.1, 0.15) is 0 Å². The lowest BCUT2D eigenvalue weighted by atomic mass is 10.1. The summed E-state index contributed by atoms with van der Waals surface area (Å²) >= 11 is 0. The summed E-state index contributed by atoms with van der Waals surface area (Å²) < 4.78 is 0. The third-order valence-corrected chi connectivity index (χ3v) is 3.19. The lowest BCUT2D eigenvalue weighted by molar-refractivity contribution is 1.15. The van der Waals surface area contributed by atoms with Crippen LogP contribution in [-0.4, -0.2) is 4.98 Å². The zero-order valence-electron chi connectivity index (χ0n) is 11.2. The molecule has 2 heteroatoms. The van der Waals surface area contributed by atoms with Crippen LogP contribution in [0.4, 0.5) is 5.69 Å². The lowest BCUT2D eigenvalue weighted by Crippen LogP contribution is -2.01. The van der Waals surface area contributed by atoms with Crippen molar-refractivity contribution >= 4 is 5.69 Å². The first-order valence-corrected chi connectivity index (χ1v) is 6.72. The van der Waals surface area contributed by atoms with Gasteiger partial charge in [-0.3, -0.25) is 4.98 Å². The summed E-state index contributed by atoms with van der Waals surface area (Å²) in [5.74, 6) is 0. The Labute approximate surface area is 119 Å². The van der Waals surface area contributed by atoms with E-state index in [0.717, 1.165) is 23.5 Å². The van der Waals surface area contributed by atoms with E-state index in [1.54, 1.807) is 0 Å². The summed E-state index contributed by atoms with van der Waals surface area (Å²) in [5, 5.41) is 3.49. The molecule has 0 aliphatic rings. The molecule has 0 atom stereocenters. The highest BCUT2D eigenvalue weighted by atomic mass is 14.9. The van der Waals surface area contributed by atoms with E-state index in [2.05, 4.69) is 46.7 Å². The molecule has 0 aliphatic heterocycles. The van der Waals surface area contributed by atoms with Crippen molar-refractivity contribution in [3.05, 3.63) is 84.6 Å². The Morgan fingerprint density at radius 1 is 0.750 bits per heavy atom. The van der Waals surface area contributed by atoms with Crippen molar-refractivity contribution < 1.29 is 0 Å². The van der Waals surface area contributed by atoms with Crippen molar-refractivity contribution in [1.82, 2.24) is 4.98 Å². The van der Waals surface area contributed by atoms with Crippen LogP contribution in [0.1, 0.15) is 5.56 Å². The Bertz CT molecular complexity index is 663. The maximum absolute atomic E-state index is 4.42. The molecule has 0 saturated carbocycles. The molecule has 0 amide bonds. The smallest absolute Gasteiger partial charge is 0.0722 e. The molecule has 1 heterocycles. The highest BCUT2D eigenvalue weighted by molar-refractivity contribution is 5.75. The number of aromatic nitrogens is 1. The molecule has 2 aromatic carbocycles. The van der Waals surface area contributed by atoms with Gasteiger partial charge in [0, 0.05) is 24.0 Å². The number of benzene rings is 2. The first-order chi connectivity index (χ1) is 9.93. The minimum Gasteiger partial charge on any atom is -0.380 e. The highest BCUT2D eigenvalue weighted by Crippen LogP contribution is 2.26. The van der Waals surface area contributed by atoms with Gasteiger partial charge >= 0.3 is 0 Å². The fourth-order valence-corrected chi connectivity index (χ4v) is 2.18. The van der Waals surface area contributed by atoms with Crippen molar-refractivity contribution in [2.45, 2.75) is 6.54 Å². The van der Waals surface area contributed by atoms with Crippen molar-refractivity contribution in [2.75, 3.05) is 5.32 Å². The standard InChI is InChI=1S/C18H16N2/c1-2-8-15(9-3-1)14-20-18-11-5-4-10-16(18)17-12-6-7-13-19-17/h1-13,20H,14H2. The van der Waals surface area contributed by atoms with Gasteiger partial charge in [0.15, 0.2) is 0 Å². The van der Waals surface area contributed by atoms with Crippen molar-refractivity contribution in [3.63, 3.8) is 0 Å². The minimum absolute atomic E-state index is 0.810. The third-order valence-electron chi connectivity index (χ3n) is 3.19. The van der Waals surface area contributed by atoms with E-state index >= 15 is 0 Å². The quantitative estimate of drug-likeness (QED) is 0.754. The Morgan fingerprint density at radius 2 is 1.50 bits per heavy atom. The summed E-state index contributed by atoms with van der Waals surface area (Å²) in [6, 6.07) is 24.6. The zero-order chi connectivity index (χ0) is 13.6. The number of pyridine rings is 1. The van der Waals surface area contributed by atoms with Crippen molar-refractivity contribution in [1.29, 1.82) is 0 Å². The molecule has 3 rings (SSSR count). The van der Waals surface area contributed by atoms with Gasteiger partial charge in [0.2, 0.25) is 0 Å². The fraction of sp³-hybridized carbons (Fsp3) is 0.0556. The van der Waals surface area contributed by atoms with Gasteiger partial charge in [-0.2, -0.15) is 0 Å². The molecule has 3 aromatic rings. The fourth-order valence-electron chi connectivity index (χ4n) is 2.18. The topological polar surface area (TPSA) is 24.9 Å². The van der Waals surface area contributed by atoms with E-state index in [-0.39, 0.29) is 0 Å². The first-order valence-electron chi connectivity index (χ1n) is 6.72. The van der Waals surface area contributed by atoms with Crippen LogP contribution in [0.3, 0.4) is 0 Å². The SMILES string of the molecule is c1ccc(CNc2ccccc2-c2ccccn2)cc1. The number of nitrogens with one attached hydrogen (secondary N) is 1. The molecular weight excluding hydrogens is 244 g/mol. The van der Waals surface area contributed by atoms with E-state index in [1.807, 2.05) is 42.6 Å². The molecule has 1 aromatic heterocycles. The molecule has 0 fully saturated rings. The molecule has 2 nitrogen and oxygen atoms in total. The Morgan fingerprint density at radius 3 is 2.30 bits per heavy atom. The normalized spacial score (nSPS) is 10.2. The second-order valence-electron chi connectivity index (χ2n) is 4.60. The number of anilines is 1. The highest BCUT2D eigenvalue weighted by Gasteiger charge is 2.04. The average molecular weight is 260 g/mol. The van der Waals surface area contributed by atoms with E-state index in [0.29, 0.717) is 0 Å². The maximum atomic E-state index is 4.42. The van der Waals surface area contributed by atoms with E-state index in [4.69, 9.17) is 0 Å². The van der Waals surface area contributed by atoms with Gasteiger partial charge in [-0.15, -0.1) is 0 Å². The van der Waals surface area contributed by atoms with Gasteiger partial charge in [-0.1, -0.05) is 54.6 Å². The molecule has 0 bridgehead atoms. The molecule has 0 radical (unpaired) electrons. The zero-order valence-corrected chi connectivity index (χ0v) is 11.2. The molecule has 20 heavy (non-hydrogen) atoms. The van der Waals surface area contributed by atoms with Gasteiger partial charge in [0.25, 0.3) is 0 Å². The number of nitrogens with zero attached hydrogens (tertiary/aromatic N) is 1. The number of hydrogen-bond acceptors (Lipinski definition) is 2. The number of rotatable bonds is 4.